The average molecular weight is 689 g/mol. The van der Waals surface area contributed by atoms with E-state index in [2.05, 4.69) is 228 Å². The summed E-state index contributed by atoms with van der Waals surface area (Å²) < 4.78 is 2.38. The van der Waals surface area contributed by atoms with Crippen LogP contribution in [-0.2, 0) is 0 Å². The maximum absolute atomic E-state index is 2.38. The van der Waals surface area contributed by atoms with Gasteiger partial charge in [-0.3, -0.25) is 0 Å². The standard InChI is InChI=1S/C52H36N2/c1-3-13-37(14-4-1)38-25-31-43(32-26-38)53(42-17-5-2-6-18-42)44-33-27-39(28-34-44)46-21-11-15-41-16-12-22-47(52(41)46)40-29-35-45(36-30-40)54-50-23-9-7-19-48(50)49-20-8-10-24-51(49)54/h1-36H. The highest BCUT2D eigenvalue weighted by atomic mass is 15.1. The number of anilines is 3. The van der Waals surface area contributed by atoms with Crippen molar-refractivity contribution in [2.75, 3.05) is 4.90 Å². The molecule has 0 atom stereocenters. The normalized spacial score (nSPS) is 11.3. The average Bonchev–Trinajstić information content (AvgIpc) is 3.59. The topological polar surface area (TPSA) is 8.17 Å². The molecule has 0 saturated heterocycles. The summed E-state index contributed by atoms with van der Waals surface area (Å²) in [5, 5.41) is 5.03. The minimum atomic E-state index is 1.11. The van der Waals surface area contributed by atoms with Gasteiger partial charge in [0.25, 0.3) is 0 Å². The fraction of sp³-hybridized carbons (Fsp3) is 0. The van der Waals surface area contributed by atoms with Crippen LogP contribution in [0.3, 0.4) is 0 Å². The summed E-state index contributed by atoms with van der Waals surface area (Å²) in [6.07, 6.45) is 0. The van der Waals surface area contributed by atoms with Crippen LogP contribution in [0.5, 0.6) is 0 Å². The first-order valence-corrected chi connectivity index (χ1v) is 18.5. The summed E-state index contributed by atoms with van der Waals surface area (Å²) in [5.41, 5.74) is 14.2. The van der Waals surface area contributed by atoms with E-state index in [0.29, 0.717) is 0 Å². The van der Waals surface area contributed by atoms with Gasteiger partial charge in [0.05, 0.1) is 11.0 Å². The van der Waals surface area contributed by atoms with Gasteiger partial charge in [-0.1, -0.05) is 158 Å². The second-order valence-electron chi connectivity index (χ2n) is 13.8. The number of hydrogen-bond donors (Lipinski definition) is 0. The maximum Gasteiger partial charge on any atom is 0.0541 e. The smallest absolute Gasteiger partial charge is 0.0541 e. The van der Waals surface area contributed by atoms with Crippen LogP contribution in [0, 0.1) is 0 Å². The highest BCUT2D eigenvalue weighted by Crippen LogP contribution is 2.40. The van der Waals surface area contributed by atoms with Crippen LogP contribution in [0.25, 0.3) is 71.6 Å². The van der Waals surface area contributed by atoms with Crippen molar-refractivity contribution < 1.29 is 0 Å². The Labute approximate surface area is 315 Å². The van der Waals surface area contributed by atoms with Gasteiger partial charge in [0.2, 0.25) is 0 Å². The lowest BCUT2D eigenvalue weighted by atomic mass is 9.91. The molecule has 0 bridgehead atoms. The Morgan fingerprint density at radius 2 is 0.722 bits per heavy atom. The first-order chi connectivity index (χ1) is 26.8. The zero-order valence-electron chi connectivity index (χ0n) is 29.7. The largest absolute Gasteiger partial charge is 0.311 e. The van der Waals surface area contributed by atoms with Crippen LogP contribution < -0.4 is 4.90 Å². The molecule has 1 heterocycles. The minimum Gasteiger partial charge on any atom is -0.311 e. The molecule has 10 aromatic rings. The molecule has 0 aliphatic rings. The molecule has 0 unspecified atom stereocenters. The Kier molecular flexibility index (Phi) is 7.85. The van der Waals surface area contributed by atoms with Crippen LogP contribution in [-0.4, -0.2) is 4.57 Å². The second-order valence-corrected chi connectivity index (χ2v) is 13.8. The summed E-state index contributed by atoms with van der Waals surface area (Å²) >= 11 is 0. The van der Waals surface area contributed by atoms with E-state index in [4.69, 9.17) is 0 Å². The van der Waals surface area contributed by atoms with Crippen LogP contribution in [0.4, 0.5) is 17.1 Å². The number of para-hydroxylation sites is 3. The zero-order valence-corrected chi connectivity index (χ0v) is 29.7. The lowest BCUT2D eigenvalue weighted by Gasteiger charge is -2.26. The molecule has 54 heavy (non-hydrogen) atoms. The van der Waals surface area contributed by atoms with E-state index in [0.717, 1.165) is 22.7 Å². The van der Waals surface area contributed by atoms with Crippen molar-refractivity contribution >= 4 is 49.6 Å². The fourth-order valence-electron chi connectivity index (χ4n) is 8.06. The van der Waals surface area contributed by atoms with E-state index >= 15 is 0 Å². The van der Waals surface area contributed by atoms with Gasteiger partial charge < -0.3 is 9.47 Å². The van der Waals surface area contributed by atoms with Crippen molar-refractivity contribution in [3.05, 3.63) is 218 Å². The fourth-order valence-corrected chi connectivity index (χ4v) is 8.06. The minimum absolute atomic E-state index is 1.11. The molecule has 0 fully saturated rings. The van der Waals surface area contributed by atoms with Crippen LogP contribution >= 0.6 is 0 Å². The van der Waals surface area contributed by atoms with Crippen LogP contribution in [0.1, 0.15) is 0 Å². The molecule has 0 aliphatic heterocycles. The van der Waals surface area contributed by atoms with E-state index in [9.17, 15) is 0 Å². The Bertz CT molecular complexity index is 2830. The van der Waals surface area contributed by atoms with E-state index in [1.165, 1.54) is 66.0 Å². The van der Waals surface area contributed by atoms with Crippen molar-refractivity contribution in [2.24, 2.45) is 0 Å². The van der Waals surface area contributed by atoms with E-state index < -0.39 is 0 Å². The number of hydrogen-bond acceptors (Lipinski definition) is 1. The third-order valence-corrected chi connectivity index (χ3v) is 10.6. The molecule has 0 spiro atoms. The predicted molar refractivity (Wildman–Crippen MR) is 229 cm³/mol. The molecule has 0 saturated carbocycles. The lowest BCUT2D eigenvalue weighted by Crippen LogP contribution is -2.09. The molecule has 0 aliphatic carbocycles. The summed E-state index contributed by atoms with van der Waals surface area (Å²) in [6.45, 7) is 0. The van der Waals surface area contributed by atoms with Gasteiger partial charge in [-0.05, 0) is 105 Å². The van der Waals surface area contributed by atoms with Gasteiger partial charge in [-0.25, -0.2) is 0 Å². The van der Waals surface area contributed by atoms with E-state index in [-0.39, 0.29) is 0 Å². The highest BCUT2D eigenvalue weighted by Gasteiger charge is 2.16. The van der Waals surface area contributed by atoms with Crippen LogP contribution in [0.2, 0.25) is 0 Å². The van der Waals surface area contributed by atoms with E-state index in [1.54, 1.807) is 0 Å². The Balaban J connectivity index is 1.02. The molecular formula is C52H36N2. The summed E-state index contributed by atoms with van der Waals surface area (Å²) in [5.74, 6) is 0. The van der Waals surface area contributed by atoms with Gasteiger partial charge >= 0.3 is 0 Å². The quantitative estimate of drug-likeness (QED) is 0.162. The highest BCUT2D eigenvalue weighted by molar-refractivity contribution is 6.09. The summed E-state index contributed by atoms with van der Waals surface area (Å²) in [4.78, 5) is 2.33. The molecule has 0 amide bonds. The molecule has 10 rings (SSSR count). The first kappa shape index (κ1) is 31.6. The SMILES string of the molecule is c1ccc(-c2ccc(N(c3ccccc3)c3ccc(-c4cccc5cccc(-c6ccc(-n7c8ccccc8c8ccccc87)cc6)c45)cc3)cc2)cc1. The molecule has 0 radical (unpaired) electrons. The molecule has 0 N–H and O–H groups in total. The Morgan fingerprint density at radius 1 is 0.296 bits per heavy atom. The zero-order chi connectivity index (χ0) is 35.8. The van der Waals surface area contributed by atoms with Crippen molar-refractivity contribution in [2.45, 2.75) is 0 Å². The molecule has 2 heteroatoms. The van der Waals surface area contributed by atoms with Crippen molar-refractivity contribution in [1.29, 1.82) is 0 Å². The molecule has 2 nitrogen and oxygen atoms in total. The Hall–Kier alpha value is -7.16. The molecule has 1 aromatic heterocycles. The van der Waals surface area contributed by atoms with Crippen molar-refractivity contribution in [3.63, 3.8) is 0 Å². The second kappa shape index (κ2) is 13.4. The number of nitrogens with zero attached hydrogens (tertiary/aromatic N) is 2. The lowest BCUT2D eigenvalue weighted by molar-refractivity contribution is 1.18. The van der Waals surface area contributed by atoms with Gasteiger partial charge in [-0.2, -0.15) is 0 Å². The molecule has 9 aromatic carbocycles. The third kappa shape index (κ3) is 5.53. The van der Waals surface area contributed by atoms with Gasteiger partial charge in [0.1, 0.15) is 0 Å². The summed E-state index contributed by atoms with van der Waals surface area (Å²) in [6, 6.07) is 78.7. The first-order valence-electron chi connectivity index (χ1n) is 18.5. The Morgan fingerprint density at radius 3 is 1.28 bits per heavy atom. The number of aromatic nitrogens is 1. The van der Waals surface area contributed by atoms with Crippen molar-refractivity contribution in [1.82, 2.24) is 4.57 Å². The molecular weight excluding hydrogens is 653 g/mol. The number of fused-ring (bicyclic) bond motifs is 4. The number of rotatable bonds is 7. The number of benzene rings is 9. The summed E-state index contributed by atoms with van der Waals surface area (Å²) in [7, 11) is 0. The van der Waals surface area contributed by atoms with E-state index in [1.807, 2.05) is 0 Å². The van der Waals surface area contributed by atoms with Gasteiger partial charge in [-0.15, -0.1) is 0 Å². The molecule has 254 valence electrons. The van der Waals surface area contributed by atoms with Gasteiger partial charge in [0, 0.05) is 33.5 Å². The maximum atomic E-state index is 2.38. The van der Waals surface area contributed by atoms with Gasteiger partial charge in [0.15, 0.2) is 0 Å². The predicted octanol–water partition coefficient (Wildman–Crippen LogP) is 14.4. The third-order valence-electron chi connectivity index (χ3n) is 10.6. The van der Waals surface area contributed by atoms with Crippen molar-refractivity contribution in [3.8, 4) is 39.1 Å². The monoisotopic (exact) mass is 688 g/mol. The van der Waals surface area contributed by atoms with Crippen LogP contribution in [0.15, 0.2) is 218 Å².